The average Bonchev–Trinajstić information content (AvgIpc) is 2.88. The molecule has 2 heterocycles. The van der Waals surface area contributed by atoms with E-state index in [1.807, 2.05) is 37.3 Å². The Hall–Kier alpha value is -3.46. The molecule has 0 bridgehead atoms. The summed E-state index contributed by atoms with van der Waals surface area (Å²) >= 11 is 1.39. The maximum atomic E-state index is 12.6. The predicted octanol–water partition coefficient (Wildman–Crippen LogP) is 3.86. The minimum absolute atomic E-state index is 0.116. The van der Waals surface area contributed by atoms with Crippen LogP contribution in [-0.4, -0.2) is 62.0 Å². The van der Waals surface area contributed by atoms with Crippen LogP contribution in [0.4, 0.5) is 17.2 Å². The molecular weight excluding hydrogens is 450 g/mol. The summed E-state index contributed by atoms with van der Waals surface area (Å²) in [6, 6.07) is 13.8. The molecule has 1 aliphatic heterocycles. The Morgan fingerprint density at radius 1 is 0.971 bits per heavy atom. The first-order chi connectivity index (χ1) is 16.6. The first kappa shape index (κ1) is 23.7. The number of benzene rings is 2. The summed E-state index contributed by atoms with van der Waals surface area (Å²) in [7, 11) is 3.27. The van der Waals surface area contributed by atoms with E-state index in [9.17, 15) is 4.79 Å². The van der Waals surface area contributed by atoms with Gasteiger partial charge in [0.1, 0.15) is 16.5 Å². The Labute approximate surface area is 204 Å². The Kier molecular flexibility index (Phi) is 7.74. The summed E-state index contributed by atoms with van der Waals surface area (Å²) < 4.78 is 10.6. The largest absolute Gasteiger partial charge is 0.497 e. The lowest BCUT2D eigenvalue weighted by Gasteiger charge is -2.37. The summed E-state index contributed by atoms with van der Waals surface area (Å²) in [5.41, 5.74) is 2.90. The van der Waals surface area contributed by atoms with Crippen molar-refractivity contribution in [3.63, 3.8) is 0 Å². The van der Waals surface area contributed by atoms with Crippen LogP contribution in [0.1, 0.15) is 5.56 Å². The number of carbonyl (C=O) groups excluding carboxylic acids is 1. The van der Waals surface area contributed by atoms with Gasteiger partial charge in [-0.1, -0.05) is 17.8 Å². The fourth-order valence-corrected chi connectivity index (χ4v) is 4.63. The smallest absolute Gasteiger partial charge is 0.234 e. The van der Waals surface area contributed by atoms with E-state index in [1.54, 1.807) is 26.6 Å². The van der Waals surface area contributed by atoms with Gasteiger partial charge < -0.3 is 24.6 Å². The number of aryl methyl sites for hydroxylation is 1. The lowest BCUT2D eigenvalue weighted by atomic mass is 10.2. The van der Waals surface area contributed by atoms with E-state index in [4.69, 9.17) is 9.47 Å². The first-order valence-corrected chi connectivity index (χ1v) is 12.1. The number of nitrogens with one attached hydrogen (secondary N) is 1. The summed E-state index contributed by atoms with van der Waals surface area (Å²) in [4.78, 5) is 26.3. The third kappa shape index (κ3) is 5.72. The molecule has 1 saturated heterocycles. The van der Waals surface area contributed by atoms with Crippen molar-refractivity contribution >= 4 is 34.9 Å². The van der Waals surface area contributed by atoms with E-state index < -0.39 is 0 Å². The molecule has 3 aromatic rings. The quantitative estimate of drug-likeness (QED) is 0.488. The summed E-state index contributed by atoms with van der Waals surface area (Å²) in [6.07, 6.45) is 3.37. The number of amides is 1. The predicted molar refractivity (Wildman–Crippen MR) is 137 cm³/mol. The van der Waals surface area contributed by atoms with E-state index in [2.05, 4.69) is 37.2 Å². The van der Waals surface area contributed by atoms with Crippen LogP contribution in [-0.2, 0) is 4.79 Å². The second kappa shape index (κ2) is 11.1. The number of thioether (sulfide) groups is 1. The summed E-state index contributed by atoms with van der Waals surface area (Å²) in [5, 5.41) is 3.70. The van der Waals surface area contributed by atoms with Crippen molar-refractivity contribution < 1.29 is 14.3 Å². The van der Waals surface area contributed by atoms with Crippen molar-refractivity contribution in [1.82, 2.24) is 9.97 Å². The monoisotopic (exact) mass is 479 g/mol. The first-order valence-electron chi connectivity index (χ1n) is 11.1. The molecule has 178 valence electrons. The molecule has 9 heteroatoms. The van der Waals surface area contributed by atoms with Crippen molar-refractivity contribution in [3.8, 4) is 11.5 Å². The third-order valence-corrected chi connectivity index (χ3v) is 6.60. The molecule has 34 heavy (non-hydrogen) atoms. The van der Waals surface area contributed by atoms with E-state index in [0.29, 0.717) is 11.4 Å². The fourth-order valence-electron chi connectivity index (χ4n) is 3.85. The van der Waals surface area contributed by atoms with Gasteiger partial charge in [0, 0.05) is 44.3 Å². The van der Waals surface area contributed by atoms with Crippen LogP contribution in [0.3, 0.4) is 0 Å². The number of nitrogens with zero attached hydrogens (tertiary/aromatic N) is 4. The van der Waals surface area contributed by atoms with Gasteiger partial charge in [0.15, 0.2) is 5.82 Å². The zero-order valence-corrected chi connectivity index (χ0v) is 20.5. The molecular formula is C25H29N5O3S. The van der Waals surface area contributed by atoms with Gasteiger partial charge in [0.05, 0.1) is 25.7 Å². The van der Waals surface area contributed by atoms with Gasteiger partial charge in [-0.3, -0.25) is 4.79 Å². The summed E-state index contributed by atoms with van der Waals surface area (Å²) in [6.45, 7) is 5.38. The number of anilines is 3. The maximum absolute atomic E-state index is 12.6. The highest BCUT2D eigenvalue weighted by Crippen LogP contribution is 2.29. The molecule has 0 saturated carbocycles. The van der Waals surface area contributed by atoms with Gasteiger partial charge in [0.2, 0.25) is 5.91 Å². The van der Waals surface area contributed by atoms with Crippen LogP contribution in [0.15, 0.2) is 59.9 Å². The number of hydrogen-bond donors (Lipinski definition) is 1. The lowest BCUT2D eigenvalue weighted by molar-refractivity contribution is -0.113. The number of rotatable bonds is 8. The van der Waals surface area contributed by atoms with Gasteiger partial charge in [-0.15, -0.1) is 0 Å². The highest BCUT2D eigenvalue weighted by molar-refractivity contribution is 8.00. The average molecular weight is 480 g/mol. The Bertz CT molecular complexity index is 1120. The van der Waals surface area contributed by atoms with Crippen molar-refractivity contribution in [2.24, 2.45) is 0 Å². The molecule has 1 aromatic heterocycles. The highest BCUT2D eigenvalue weighted by Gasteiger charge is 2.22. The molecule has 0 spiro atoms. The number of carbonyl (C=O) groups is 1. The van der Waals surface area contributed by atoms with E-state index in [1.165, 1.54) is 17.4 Å². The normalized spacial score (nSPS) is 13.5. The molecule has 0 unspecified atom stereocenters. The number of methoxy groups -OCH3 is 2. The Balaban J connectivity index is 1.36. The van der Waals surface area contributed by atoms with Crippen LogP contribution in [0.2, 0.25) is 0 Å². The van der Waals surface area contributed by atoms with Crippen LogP contribution in [0.5, 0.6) is 11.5 Å². The Morgan fingerprint density at radius 2 is 1.68 bits per heavy atom. The summed E-state index contributed by atoms with van der Waals surface area (Å²) in [5.74, 6) is 2.43. The molecule has 1 aliphatic rings. The standard InChI is InChI=1S/C25H29N5O3S/c1-18-4-9-22(33-3)21(16-18)28-23(31)17-34-25-24(26-10-11-27-25)30-14-12-29(13-15-30)19-5-7-20(32-2)8-6-19/h4-11,16H,12-15,17H2,1-3H3,(H,28,31). The van der Waals surface area contributed by atoms with Gasteiger partial charge in [0.25, 0.3) is 0 Å². The van der Waals surface area contributed by atoms with E-state index in [-0.39, 0.29) is 11.7 Å². The second-order valence-corrected chi connectivity index (χ2v) is 8.86. The van der Waals surface area contributed by atoms with Gasteiger partial charge in [-0.05, 0) is 48.9 Å². The van der Waals surface area contributed by atoms with Crippen LogP contribution in [0, 0.1) is 6.92 Å². The van der Waals surface area contributed by atoms with Crippen LogP contribution in [0.25, 0.3) is 0 Å². The number of hydrogen-bond acceptors (Lipinski definition) is 8. The third-order valence-electron chi connectivity index (χ3n) is 5.63. The zero-order valence-electron chi connectivity index (χ0n) is 19.7. The molecule has 1 amide bonds. The molecule has 0 atom stereocenters. The van der Waals surface area contributed by atoms with Gasteiger partial charge in [-0.2, -0.15) is 0 Å². The molecule has 4 rings (SSSR count). The molecule has 2 aromatic carbocycles. The fraction of sp³-hybridized carbons (Fsp3) is 0.320. The minimum atomic E-state index is -0.116. The zero-order chi connectivity index (χ0) is 23.9. The SMILES string of the molecule is COc1ccc(N2CCN(c3nccnc3SCC(=O)Nc3cc(C)ccc3OC)CC2)cc1. The maximum Gasteiger partial charge on any atom is 0.234 e. The number of ether oxygens (including phenoxy) is 2. The van der Waals surface area contributed by atoms with Crippen molar-refractivity contribution in [1.29, 1.82) is 0 Å². The van der Waals surface area contributed by atoms with Crippen molar-refractivity contribution in [2.45, 2.75) is 11.9 Å². The molecule has 1 N–H and O–H groups in total. The van der Waals surface area contributed by atoms with Gasteiger partial charge >= 0.3 is 0 Å². The van der Waals surface area contributed by atoms with E-state index in [0.717, 1.165) is 48.3 Å². The van der Waals surface area contributed by atoms with Crippen molar-refractivity contribution in [2.75, 3.05) is 61.3 Å². The number of piperazine rings is 1. The molecule has 0 aliphatic carbocycles. The van der Waals surface area contributed by atoms with Crippen LogP contribution >= 0.6 is 11.8 Å². The van der Waals surface area contributed by atoms with Crippen LogP contribution < -0.4 is 24.6 Å². The van der Waals surface area contributed by atoms with E-state index >= 15 is 0 Å². The second-order valence-electron chi connectivity index (χ2n) is 7.90. The Morgan fingerprint density at radius 3 is 2.38 bits per heavy atom. The van der Waals surface area contributed by atoms with Gasteiger partial charge in [-0.25, -0.2) is 9.97 Å². The lowest BCUT2D eigenvalue weighted by Crippen LogP contribution is -2.47. The highest BCUT2D eigenvalue weighted by atomic mass is 32.2. The minimum Gasteiger partial charge on any atom is -0.497 e. The molecule has 0 radical (unpaired) electrons. The van der Waals surface area contributed by atoms with Crippen molar-refractivity contribution in [3.05, 3.63) is 60.4 Å². The topological polar surface area (TPSA) is 79.8 Å². The molecule has 1 fully saturated rings. The molecule has 8 nitrogen and oxygen atoms in total. The number of aromatic nitrogens is 2.